The van der Waals surface area contributed by atoms with Crippen LogP contribution in [0.15, 0.2) is 133 Å². The summed E-state index contributed by atoms with van der Waals surface area (Å²) in [6, 6.07) is 41.3. The lowest BCUT2D eigenvalue weighted by Crippen LogP contribution is -2.66. The summed E-state index contributed by atoms with van der Waals surface area (Å²) in [5.74, 6) is -0.435. The van der Waals surface area contributed by atoms with E-state index in [-0.39, 0.29) is 41.3 Å². The first kappa shape index (κ1) is 37.5. The molecule has 1 heterocycles. The van der Waals surface area contributed by atoms with Crippen LogP contribution in [0.3, 0.4) is 0 Å². The van der Waals surface area contributed by atoms with Gasteiger partial charge in [-0.2, -0.15) is 0 Å². The Morgan fingerprint density at radius 3 is 1.94 bits per heavy atom. The lowest BCUT2D eigenvalue weighted by atomic mass is 9.73. The first-order valence-corrected chi connectivity index (χ1v) is 20.7. The summed E-state index contributed by atoms with van der Waals surface area (Å²) in [5, 5.41) is 2.34. The van der Waals surface area contributed by atoms with Crippen LogP contribution in [0.1, 0.15) is 58.1 Å². The molecule has 6 nitrogen and oxygen atoms in total. The molecule has 4 aromatic rings. The van der Waals surface area contributed by atoms with Crippen molar-refractivity contribution in [1.29, 1.82) is 0 Å². The molecule has 4 aromatic carbocycles. The fourth-order valence-electron chi connectivity index (χ4n) is 8.11. The zero-order valence-corrected chi connectivity index (χ0v) is 32.1. The highest BCUT2D eigenvalue weighted by Gasteiger charge is 2.51. The minimum absolute atomic E-state index is 0.0624. The van der Waals surface area contributed by atoms with Gasteiger partial charge < -0.3 is 13.9 Å². The van der Waals surface area contributed by atoms with Crippen LogP contribution in [0.4, 0.5) is 4.79 Å². The molecule has 0 N–H and O–H groups in total. The summed E-state index contributed by atoms with van der Waals surface area (Å²) >= 11 is 0. The predicted octanol–water partition coefficient (Wildman–Crippen LogP) is 8.35. The number of carbonyl (C=O) groups is 2. The summed E-state index contributed by atoms with van der Waals surface area (Å²) in [6.07, 6.45) is 4.56. The van der Waals surface area contributed by atoms with E-state index in [0.29, 0.717) is 32.7 Å². The Labute approximate surface area is 310 Å². The highest BCUT2D eigenvalue weighted by atomic mass is 28.4. The number of amides is 2. The second kappa shape index (κ2) is 17.0. The van der Waals surface area contributed by atoms with Gasteiger partial charge in [0.25, 0.3) is 8.32 Å². The van der Waals surface area contributed by atoms with Crippen molar-refractivity contribution < 1.29 is 23.5 Å². The van der Waals surface area contributed by atoms with E-state index < -0.39 is 14.4 Å². The Bertz CT molecular complexity index is 1730. The van der Waals surface area contributed by atoms with E-state index in [0.717, 1.165) is 24.0 Å². The van der Waals surface area contributed by atoms with Gasteiger partial charge in [-0.25, -0.2) is 9.69 Å². The molecule has 4 atom stereocenters. The van der Waals surface area contributed by atoms with Crippen molar-refractivity contribution in [2.45, 2.75) is 71.1 Å². The molecule has 6 rings (SSSR count). The lowest BCUT2D eigenvalue weighted by molar-refractivity contribution is -0.135. The van der Waals surface area contributed by atoms with E-state index in [9.17, 15) is 9.59 Å². The molecule has 1 fully saturated rings. The average molecular weight is 716 g/mol. The predicted molar refractivity (Wildman–Crippen MR) is 210 cm³/mol. The van der Waals surface area contributed by atoms with Crippen molar-refractivity contribution in [3.8, 4) is 0 Å². The summed E-state index contributed by atoms with van der Waals surface area (Å²) < 4.78 is 19.0. The second-order valence-electron chi connectivity index (χ2n) is 15.4. The summed E-state index contributed by atoms with van der Waals surface area (Å²) in [5.41, 5.74) is 3.44. The summed E-state index contributed by atoms with van der Waals surface area (Å²) in [7, 11) is -2.77. The Kier molecular flexibility index (Phi) is 12.3. The minimum Gasteiger partial charge on any atom is -0.447 e. The van der Waals surface area contributed by atoms with Crippen LogP contribution in [-0.4, -0.2) is 51.1 Å². The molecule has 0 saturated carbocycles. The molecule has 1 saturated heterocycles. The lowest BCUT2D eigenvalue weighted by Gasteiger charge is -2.44. The van der Waals surface area contributed by atoms with E-state index in [1.54, 1.807) is 0 Å². The molecule has 2 amide bonds. The first-order chi connectivity index (χ1) is 25.2. The SMILES string of the molecule is C[C@H]1C[C@@H](C(=O)N2C(=O)OC[C@@H]2Cc2ccccc2)[C@@H](CCCOCc2ccccc2)C=C1CO[Si](c1ccccc1)(c1ccccc1)C(C)(C)C. The Morgan fingerprint density at radius 1 is 0.808 bits per heavy atom. The van der Waals surface area contributed by atoms with E-state index in [1.807, 2.05) is 48.5 Å². The van der Waals surface area contributed by atoms with E-state index in [1.165, 1.54) is 20.8 Å². The number of benzene rings is 4. The number of allylic oxidation sites excluding steroid dienone is 1. The van der Waals surface area contributed by atoms with Crippen LogP contribution in [-0.2, 0) is 31.7 Å². The number of rotatable bonds is 14. The van der Waals surface area contributed by atoms with Crippen molar-refractivity contribution in [2.75, 3.05) is 19.8 Å². The van der Waals surface area contributed by atoms with Gasteiger partial charge in [0.05, 0.1) is 19.3 Å². The maximum atomic E-state index is 14.5. The number of nitrogens with zero attached hydrogens (tertiary/aromatic N) is 1. The highest BCUT2D eigenvalue weighted by molar-refractivity contribution is 6.99. The van der Waals surface area contributed by atoms with Crippen LogP contribution >= 0.6 is 0 Å². The van der Waals surface area contributed by atoms with Gasteiger partial charge in [-0.1, -0.05) is 155 Å². The van der Waals surface area contributed by atoms with Crippen LogP contribution in [0.5, 0.6) is 0 Å². The molecule has 7 heteroatoms. The maximum Gasteiger partial charge on any atom is 0.416 e. The molecule has 0 spiro atoms. The molecule has 52 heavy (non-hydrogen) atoms. The van der Waals surface area contributed by atoms with E-state index in [2.05, 4.69) is 107 Å². The fourth-order valence-corrected chi connectivity index (χ4v) is 12.6. The zero-order valence-electron chi connectivity index (χ0n) is 31.1. The average Bonchev–Trinajstić information content (AvgIpc) is 3.52. The molecule has 0 unspecified atom stereocenters. The minimum atomic E-state index is -2.77. The fraction of sp³-hybridized carbons (Fsp3) is 0.378. The monoisotopic (exact) mass is 715 g/mol. The van der Waals surface area contributed by atoms with Crippen LogP contribution < -0.4 is 10.4 Å². The normalized spacial score (nSPS) is 20.7. The van der Waals surface area contributed by atoms with E-state index in [4.69, 9.17) is 13.9 Å². The zero-order chi connectivity index (χ0) is 36.6. The van der Waals surface area contributed by atoms with Gasteiger partial charge >= 0.3 is 6.09 Å². The third-order valence-electron chi connectivity index (χ3n) is 10.8. The van der Waals surface area contributed by atoms with Gasteiger partial charge in [-0.15, -0.1) is 0 Å². The third kappa shape index (κ3) is 8.49. The summed E-state index contributed by atoms with van der Waals surface area (Å²) in [4.78, 5) is 29.1. The van der Waals surface area contributed by atoms with Crippen molar-refractivity contribution >= 4 is 30.7 Å². The molecular formula is C45H53NO5Si. The maximum absolute atomic E-state index is 14.5. The number of hydrogen-bond acceptors (Lipinski definition) is 5. The van der Waals surface area contributed by atoms with Crippen molar-refractivity contribution in [3.05, 3.63) is 144 Å². The quantitative estimate of drug-likeness (QED) is 0.0747. The van der Waals surface area contributed by atoms with Crippen molar-refractivity contribution in [2.24, 2.45) is 17.8 Å². The molecule has 1 aliphatic heterocycles. The Hall–Kier alpha value is -4.30. The molecule has 1 aliphatic carbocycles. The topological polar surface area (TPSA) is 65.1 Å². The van der Waals surface area contributed by atoms with Gasteiger partial charge in [0.15, 0.2) is 0 Å². The number of ether oxygens (including phenoxy) is 2. The van der Waals surface area contributed by atoms with Gasteiger partial charge in [-0.3, -0.25) is 4.79 Å². The molecule has 0 aromatic heterocycles. The van der Waals surface area contributed by atoms with Gasteiger partial charge in [0.1, 0.15) is 6.61 Å². The van der Waals surface area contributed by atoms with Crippen LogP contribution in [0, 0.1) is 17.8 Å². The van der Waals surface area contributed by atoms with Crippen molar-refractivity contribution in [1.82, 2.24) is 4.90 Å². The van der Waals surface area contributed by atoms with Gasteiger partial charge in [0.2, 0.25) is 5.91 Å². The smallest absolute Gasteiger partial charge is 0.416 e. The number of imide groups is 1. The number of cyclic esters (lactones) is 1. The standard InChI is InChI=1S/C45H53NO5Si/c1-34-28-42(43(47)46-39(33-50-44(46)48)29-35-18-9-5-10-19-35)37(22-17-27-49-31-36-20-11-6-12-21-36)30-38(34)32-51-52(45(2,3)4,40-23-13-7-14-24-40)41-25-15-8-16-26-41/h5-16,18-21,23-26,30,34,37,39,42H,17,22,27-29,31-33H2,1-4H3/t34-,37-,39-,42+/m0/s1. The number of hydrogen-bond donors (Lipinski definition) is 0. The van der Waals surface area contributed by atoms with Gasteiger partial charge in [0, 0.05) is 12.5 Å². The Morgan fingerprint density at radius 2 is 1.37 bits per heavy atom. The molecule has 0 bridgehead atoms. The Balaban J connectivity index is 1.26. The molecular weight excluding hydrogens is 663 g/mol. The van der Waals surface area contributed by atoms with Crippen LogP contribution in [0.2, 0.25) is 5.04 Å². The van der Waals surface area contributed by atoms with E-state index >= 15 is 0 Å². The molecule has 2 aliphatic rings. The largest absolute Gasteiger partial charge is 0.447 e. The first-order valence-electron chi connectivity index (χ1n) is 18.8. The van der Waals surface area contributed by atoms with Crippen molar-refractivity contribution in [3.63, 3.8) is 0 Å². The van der Waals surface area contributed by atoms with Gasteiger partial charge in [-0.05, 0) is 69.6 Å². The van der Waals surface area contributed by atoms with Crippen LogP contribution in [0.25, 0.3) is 0 Å². The summed E-state index contributed by atoms with van der Waals surface area (Å²) in [6.45, 7) is 10.9. The number of carbonyl (C=O) groups excluding carboxylic acids is 2. The third-order valence-corrected chi connectivity index (χ3v) is 15.8. The highest BCUT2D eigenvalue weighted by Crippen LogP contribution is 2.41. The second-order valence-corrected chi connectivity index (χ2v) is 19.7. The molecule has 272 valence electrons. The molecule has 0 radical (unpaired) electrons.